The number of carboxylic acid groups (broad SMARTS) is 1. The van der Waals surface area contributed by atoms with Crippen molar-refractivity contribution < 1.29 is 9.90 Å². The molecule has 0 bridgehead atoms. The van der Waals surface area contributed by atoms with E-state index in [0.29, 0.717) is 5.57 Å². The normalized spacial score (nSPS) is 15.2. The maximum Gasteiger partial charge on any atom is 0.330 e. The highest BCUT2D eigenvalue weighted by molar-refractivity contribution is 5.86. The van der Waals surface area contributed by atoms with E-state index in [0.717, 1.165) is 18.7 Å². The Hall–Kier alpha value is -1.61. The Morgan fingerprint density at radius 1 is 1.25 bits per heavy atom. The van der Waals surface area contributed by atoms with Crippen LogP contribution in [0.5, 0.6) is 0 Å². The first-order chi connectivity index (χ1) is 9.51. The van der Waals surface area contributed by atoms with Crippen LogP contribution < -0.4 is 0 Å². The summed E-state index contributed by atoms with van der Waals surface area (Å²) >= 11 is 0. The highest BCUT2D eigenvalue weighted by Crippen LogP contribution is 2.26. The van der Waals surface area contributed by atoms with Crippen molar-refractivity contribution in [3.8, 4) is 0 Å². The molecule has 1 N–H and O–H groups in total. The minimum Gasteiger partial charge on any atom is -0.478 e. The zero-order valence-electron chi connectivity index (χ0n) is 12.8. The number of rotatable bonds is 7. The van der Waals surface area contributed by atoms with Crippen molar-refractivity contribution in [2.45, 2.75) is 39.7 Å². The standard InChI is InChI=1S/C17H25NO2/c1-5-18(6-2)14(4)16(12-13(3)17(19)20)15-10-8-7-9-11-15/h7-12,14,16H,5-6H2,1-4H3,(H,19,20). The molecule has 2 unspecified atom stereocenters. The second-order valence-corrected chi connectivity index (χ2v) is 5.05. The van der Waals surface area contributed by atoms with Crippen LogP contribution in [-0.2, 0) is 4.79 Å². The molecular weight excluding hydrogens is 250 g/mol. The highest BCUT2D eigenvalue weighted by atomic mass is 16.4. The van der Waals surface area contributed by atoms with Gasteiger partial charge in [-0.05, 0) is 32.5 Å². The van der Waals surface area contributed by atoms with E-state index in [2.05, 4.69) is 37.8 Å². The van der Waals surface area contributed by atoms with Crippen LogP contribution >= 0.6 is 0 Å². The molecule has 0 amide bonds. The molecule has 1 aromatic carbocycles. The molecule has 0 spiro atoms. The Balaban J connectivity index is 3.14. The number of hydrogen-bond donors (Lipinski definition) is 1. The number of benzene rings is 1. The number of nitrogens with zero attached hydrogens (tertiary/aromatic N) is 1. The molecule has 0 aromatic heterocycles. The van der Waals surface area contributed by atoms with E-state index >= 15 is 0 Å². The molecule has 2 atom stereocenters. The Bertz CT molecular complexity index is 449. The van der Waals surface area contributed by atoms with Crippen LogP contribution in [0.4, 0.5) is 0 Å². The third-order valence-corrected chi connectivity index (χ3v) is 3.86. The van der Waals surface area contributed by atoms with Gasteiger partial charge < -0.3 is 10.0 Å². The lowest BCUT2D eigenvalue weighted by Crippen LogP contribution is -2.37. The molecule has 0 heterocycles. The predicted molar refractivity (Wildman–Crippen MR) is 83.0 cm³/mol. The summed E-state index contributed by atoms with van der Waals surface area (Å²) in [6.07, 6.45) is 1.88. The number of aliphatic carboxylic acids is 1. The molecule has 0 saturated carbocycles. The fraction of sp³-hybridized carbons (Fsp3) is 0.471. The zero-order chi connectivity index (χ0) is 15.1. The minimum atomic E-state index is -0.849. The van der Waals surface area contributed by atoms with Gasteiger partial charge in [0.15, 0.2) is 0 Å². The second kappa shape index (κ2) is 7.85. The first-order valence-electron chi connectivity index (χ1n) is 7.21. The van der Waals surface area contributed by atoms with Gasteiger partial charge in [0, 0.05) is 17.5 Å². The Kier molecular flexibility index (Phi) is 6.46. The average Bonchev–Trinajstić information content (AvgIpc) is 2.46. The molecule has 0 aliphatic carbocycles. The number of likely N-dealkylation sites (N-methyl/N-ethyl adjacent to an activating group) is 1. The van der Waals surface area contributed by atoms with Gasteiger partial charge >= 0.3 is 5.97 Å². The monoisotopic (exact) mass is 275 g/mol. The summed E-state index contributed by atoms with van der Waals surface area (Å²) in [5.74, 6) is -0.759. The molecule has 20 heavy (non-hydrogen) atoms. The van der Waals surface area contributed by atoms with Crippen molar-refractivity contribution in [1.29, 1.82) is 0 Å². The molecule has 3 nitrogen and oxygen atoms in total. The van der Waals surface area contributed by atoms with Crippen molar-refractivity contribution in [1.82, 2.24) is 4.90 Å². The first kappa shape index (κ1) is 16.4. The van der Waals surface area contributed by atoms with E-state index in [1.165, 1.54) is 0 Å². The quantitative estimate of drug-likeness (QED) is 0.774. The molecule has 0 aliphatic rings. The summed E-state index contributed by atoms with van der Waals surface area (Å²) in [4.78, 5) is 13.5. The molecule has 3 heteroatoms. The molecule has 1 rings (SSSR count). The largest absolute Gasteiger partial charge is 0.478 e. The van der Waals surface area contributed by atoms with Gasteiger partial charge in [-0.2, -0.15) is 0 Å². The average molecular weight is 275 g/mol. The van der Waals surface area contributed by atoms with Crippen molar-refractivity contribution in [2.24, 2.45) is 0 Å². The molecule has 0 aliphatic heterocycles. The summed E-state index contributed by atoms with van der Waals surface area (Å²) in [6, 6.07) is 10.4. The van der Waals surface area contributed by atoms with Crippen LogP contribution in [0.3, 0.4) is 0 Å². The van der Waals surface area contributed by atoms with Gasteiger partial charge in [0.1, 0.15) is 0 Å². The number of hydrogen-bond acceptors (Lipinski definition) is 2. The molecular formula is C17H25NO2. The maximum atomic E-state index is 11.1. The Morgan fingerprint density at radius 3 is 2.25 bits per heavy atom. The minimum absolute atomic E-state index is 0.0900. The van der Waals surface area contributed by atoms with E-state index in [-0.39, 0.29) is 12.0 Å². The molecule has 0 radical (unpaired) electrons. The molecule has 1 aromatic rings. The summed E-state index contributed by atoms with van der Waals surface area (Å²) in [6.45, 7) is 10.0. The lowest BCUT2D eigenvalue weighted by atomic mass is 9.89. The van der Waals surface area contributed by atoms with Crippen LogP contribution in [0.2, 0.25) is 0 Å². The van der Waals surface area contributed by atoms with Crippen LogP contribution in [0, 0.1) is 0 Å². The number of carbonyl (C=O) groups is 1. The zero-order valence-corrected chi connectivity index (χ0v) is 12.8. The van der Waals surface area contributed by atoms with Crippen molar-refractivity contribution in [2.75, 3.05) is 13.1 Å². The fourth-order valence-electron chi connectivity index (χ4n) is 2.56. The Labute approximate surface area is 121 Å². The van der Waals surface area contributed by atoms with Crippen molar-refractivity contribution >= 4 is 5.97 Å². The molecule has 0 saturated heterocycles. The van der Waals surface area contributed by atoms with Crippen LogP contribution in [0.15, 0.2) is 42.0 Å². The van der Waals surface area contributed by atoms with Gasteiger partial charge in [0.25, 0.3) is 0 Å². The summed E-state index contributed by atoms with van der Waals surface area (Å²) in [5, 5.41) is 9.13. The van der Waals surface area contributed by atoms with E-state index in [1.54, 1.807) is 6.92 Å². The van der Waals surface area contributed by atoms with Gasteiger partial charge in [-0.15, -0.1) is 0 Å². The number of carboxylic acids is 1. The van der Waals surface area contributed by atoms with Gasteiger partial charge in [-0.1, -0.05) is 50.3 Å². The molecule has 110 valence electrons. The van der Waals surface area contributed by atoms with Gasteiger partial charge in [-0.25, -0.2) is 4.79 Å². The van der Waals surface area contributed by atoms with Crippen LogP contribution in [0.1, 0.15) is 39.2 Å². The third kappa shape index (κ3) is 4.20. The SMILES string of the molecule is CCN(CC)C(C)C(C=C(C)C(=O)O)c1ccccc1. The first-order valence-corrected chi connectivity index (χ1v) is 7.21. The van der Waals surface area contributed by atoms with E-state index in [9.17, 15) is 4.79 Å². The van der Waals surface area contributed by atoms with Crippen molar-refractivity contribution in [3.63, 3.8) is 0 Å². The second-order valence-electron chi connectivity index (χ2n) is 5.05. The molecule has 0 fully saturated rings. The predicted octanol–water partition coefficient (Wildman–Crippen LogP) is 3.53. The van der Waals surface area contributed by atoms with E-state index in [4.69, 9.17) is 5.11 Å². The van der Waals surface area contributed by atoms with E-state index in [1.807, 2.05) is 24.3 Å². The van der Waals surface area contributed by atoms with E-state index < -0.39 is 5.97 Å². The van der Waals surface area contributed by atoms with Gasteiger partial charge in [0.2, 0.25) is 0 Å². The van der Waals surface area contributed by atoms with Crippen molar-refractivity contribution in [3.05, 3.63) is 47.5 Å². The Morgan fingerprint density at radius 2 is 1.80 bits per heavy atom. The fourth-order valence-corrected chi connectivity index (χ4v) is 2.56. The summed E-state index contributed by atoms with van der Waals surface area (Å²) in [7, 11) is 0. The smallest absolute Gasteiger partial charge is 0.330 e. The lowest BCUT2D eigenvalue weighted by molar-refractivity contribution is -0.132. The third-order valence-electron chi connectivity index (χ3n) is 3.86. The van der Waals surface area contributed by atoms with Gasteiger partial charge in [0.05, 0.1) is 0 Å². The summed E-state index contributed by atoms with van der Waals surface area (Å²) < 4.78 is 0. The van der Waals surface area contributed by atoms with Crippen LogP contribution in [-0.4, -0.2) is 35.1 Å². The highest BCUT2D eigenvalue weighted by Gasteiger charge is 2.22. The topological polar surface area (TPSA) is 40.5 Å². The van der Waals surface area contributed by atoms with Crippen LogP contribution in [0.25, 0.3) is 0 Å². The summed E-state index contributed by atoms with van der Waals surface area (Å²) in [5.41, 5.74) is 1.56. The lowest BCUT2D eigenvalue weighted by Gasteiger charge is -2.32. The van der Waals surface area contributed by atoms with Gasteiger partial charge in [-0.3, -0.25) is 0 Å². The maximum absolute atomic E-state index is 11.1.